The predicted octanol–water partition coefficient (Wildman–Crippen LogP) is 2.09. The van der Waals surface area contributed by atoms with Gasteiger partial charge in [0.05, 0.1) is 7.11 Å². The number of allylic oxidation sites excluding steroid dienone is 1. The summed E-state index contributed by atoms with van der Waals surface area (Å²) in [6.45, 7) is 1.87. The molecule has 0 fully saturated rings. The number of carbonyl (C=O) groups is 1. The van der Waals surface area contributed by atoms with E-state index in [4.69, 9.17) is 14.2 Å². The molecule has 96 valence electrons. The van der Waals surface area contributed by atoms with Crippen molar-refractivity contribution < 1.29 is 19.0 Å². The van der Waals surface area contributed by atoms with E-state index in [0.29, 0.717) is 5.57 Å². The summed E-state index contributed by atoms with van der Waals surface area (Å²) in [5.74, 6) is -1.61. The largest absolute Gasteiger partial charge is 0.465 e. The fourth-order valence-electron chi connectivity index (χ4n) is 2.51. The molecule has 0 heterocycles. The first-order chi connectivity index (χ1) is 8.62. The molecule has 0 unspecified atom stereocenters. The molecule has 4 heteroatoms. The molecule has 4 nitrogen and oxygen atoms in total. The first-order valence-corrected chi connectivity index (χ1v) is 5.62. The second kappa shape index (κ2) is 4.55. The van der Waals surface area contributed by atoms with E-state index in [0.717, 1.165) is 16.7 Å². The zero-order valence-corrected chi connectivity index (χ0v) is 10.9. The van der Waals surface area contributed by atoms with Gasteiger partial charge in [-0.15, -0.1) is 0 Å². The Labute approximate surface area is 106 Å². The average Bonchev–Trinajstić information content (AvgIpc) is 2.68. The molecule has 0 N–H and O–H groups in total. The molecular formula is C14H16O4. The van der Waals surface area contributed by atoms with Crippen molar-refractivity contribution in [2.24, 2.45) is 0 Å². The van der Waals surface area contributed by atoms with E-state index < -0.39 is 11.8 Å². The summed E-state index contributed by atoms with van der Waals surface area (Å²) in [7, 11) is 4.38. The van der Waals surface area contributed by atoms with Crippen LogP contribution in [0.4, 0.5) is 0 Å². The molecule has 1 aliphatic carbocycles. The van der Waals surface area contributed by atoms with Crippen LogP contribution in [0.2, 0.25) is 0 Å². The fraction of sp³-hybridized carbons (Fsp3) is 0.357. The van der Waals surface area contributed by atoms with E-state index in [1.165, 1.54) is 21.3 Å². The van der Waals surface area contributed by atoms with Crippen LogP contribution in [0, 0.1) is 0 Å². The van der Waals surface area contributed by atoms with Gasteiger partial charge in [0.2, 0.25) is 5.79 Å². The van der Waals surface area contributed by atoms with Crippen molar-refractivity contribution in [3.8, 4) is 0 Å². The molecule has 0 aromatic heterocycles. The molecule has 0 aliphatic heterocycles. The van der Waals surface area contributed by atoms with Crippen molar-refractivity contribution in [3.05, 3.63) is 41.0 Å². The molecule has 0 saturated carbocycles. The van der Waals surface area contributed by atoms with Crippen LogP contribution in [0.25, 0.3) is 5.57 Å². The first-order valence-electron chi connectivity index (χ1n) is 5.62. The van der Waals surface area contributed by atoms with Crippen molar-refractivity contribution in [3.63, 3.8) is 0 Å². The normalized spacial score (nSPS) is 16.7. The molecule has 0 radical (unpaired) electrons. The Morgan fingerprint density at radius 1 is 1.11 bits per heavy atom. The van der Waals surface area contributed by atoms with Gasteiger partial charge >= 0.3 is 5.97 Å². The highest BCUT2D eigenvalue weighted by Crippen LogP contribution is 2.47. The van der Waals surface area contributed by atoms with Crippen molar-refractivity contribution in [2.75, 3.05) is 21.3 Å². The summed E-state index contributed by atoms with van der Waals surface area (Å²) in [5.41, 5.74) is 2.99. The molecule has 2 rings (SSSR count). The van der Waals surface area contributed by atoms with Crippen LogP contribution in [-0.4, -0.2) is 27.3 Å². The van der Waals surface area contributed by atoms with Gasteiger partial charge in [0.1, 0.15) is 5.57 Å². The van der Waals surface area contributed by atoms with E-state index in [2.05, 4.69) is 0 Å². The Bertz CT molecular complexity index is 512. The molecule has 1 aliphatic rings. The van der Waals surface area contributed by atoms with E-state index in [9.17, 15) is 4.79 Å². The minimum absolute atomic E-state index is 0.399. The third-order valence-corrected chi connectivity index (χ3v) is 3.35. The van der Waals surface area contributed by atoms with Crippen molar-refractivity contribution in [2.45, 2.75) is 12.7 Å². The van der Waals surface area contributed by atoms with Crippen LogP contribution in [0.5, 0.6) is 0 Å². The summed E-state index contributed by atoms with van der Waals surface area (Å²) in [4.78, 5) is 12.0. The molecule has 0 bridgehead atoms. The predicted molar refractivity (Wildman–Crippen MR) is 66.7 cm³/mol. The number of ether oxygens (including phenoxy) is 3. The summed E-state index contributed by atoms with van der Waals surface area (Å²) >= 11 is 0. The van der Waals surface area contributed by atoms with Gasteiger partial charge in [0, 0.05) is 19.8 Å². The molecule has 0 saturated heterocycles. The monoisotopic (exact) mass is 248 g/mol. The highest BCUT2D eigenvalue weighted by molar-refractivity contribution is 6.02. The first kappa shape index (κ1) is 12.8. The van der Waals surface area contributed by atoms with Crippen LogP contribution in [0.3, 0.4) is 0 Å². The van der Waals surface area contributed by atoms with Gasteiger partial charge in [-0.25, -0.2) is 4.79 Å². The highest BCUT2D eigenvalue weighted by atomic mass is 16.7. The molecule has 0 spiro atoms. The third-order valence-electron chi connectivity index (χ3n) is 3.35. The number of methoxy groups -OCH3 is 3. The maximum atomic E-state index is 12.0. The van der Waals surface area contributed by atoms with Crippen LogP contribution in [-0.2, 0) is 24.8 Å². The van der Waals surface area contributed by atoms with Crippen molar-refractivity contribution in [1.29, 1.82) is 0 Å². The Hall–Kier alpha value is -1.65. The van der Waals surface area contributed by atoms with E-state index in [1.54, 1.807) is 0 Å². The lowest BCUT2D eigenvalue weighted by molar-refractivity contribution is -0.191. The average molecular weight is 248 g/mol. The lowest BCUT2D eigenvalue weighted by Crippen LogP contribution is -2.35. The lowest BCUT2D eigenvalue weighted by Gasteiger charge is -2.29. The second-order valence-electron chi connectivity index (χ2n) is 4.06. The number of benzene rings is 1. The van der Waals surface area contributed by atoms with E-state index >= 15 is 0 Å². The molecular weight excluding hydrogens is 232 g/mol. The lowest BCUT2D eigenvalue weighted by atomic mass is 10.0. The number of carbonyl (C=O) groups excluding carboxylic acids is 1. The summed E-state index contributed by atoms with van der Waals surface area (Å²) in [6, 6.07) is 7.63. The van der Waals surface area contributed by atoms with Crippen LogP contribution in [0.1, 0.15) is 18.1 Å². The standard InChI is InChI=1S/C14H16O4/c1-9-10-7-5-6-8-11(10)14(17-3,18-4)12(9)13(15)16-2/h5-8H,1-4H3. The van der Waals surface area contributed by atoms with Gasteiger partial charge < -0.3 is 14.2 Å². The minimum atomic E-state index is -1.17. The van der Waals surface area contributed by atoms with Crippen LogP contribution >= 0.6 is 0 Å². The maximum Gasteiger partial charge on any atom is 0.339 e. The molecule has 1 aromatic carbocycles. The van der Waals surface area contributed by atoms with Gasteiger partial charge in [0.15, 0.2) is 0 Å². The number of rotatable bonds is 3. The summed E-state index contributed by atoms with van der Waals surface area (Å²) in [6.07, 6.45) is 0. The zero-order chi connectivity index (χ0) is 13.3. The quantitative estimate of drug-likeness (QED) is 0.607. The zero-order valence-electron chi connectivity index (χ0n) is 10.9. The molecule has 0 amide bonds. The highest BCUT2D eigenvalue weighted by Gasteiger charge is 2.48. The Balaban J connectivity index is 2.72. The summed E-state index contributed by atoms with van der Waals surface area (Å²) < 4.78 is 15.8. The van der Waals surface area contributed by atoms with Crippen molar-refractivity contribution >= 4 is 11.5 Å². The van der Waals surface area contributed by atoms with E-state index in [1.807, 2.05) is 31.2 Å². The maximum absolute atomic E-state index is 12.0. The summed E-state index contributed by atoms with van der Waals surface area (Å²) in [5, 5.41) is 0. The third kappa shape index (κ3) is 1.50. The molecule has 0 atom stereocenters. The van der Waals surface area contributed by atoms with Crippen LogP contribution < -0.4 is 0 Å². The van der Waals surface area contributed by atoms with Gasteiger partial charge in [-0.05, 0) is 18.1 Å². The van der Waals surface area contributed by atoms with Gasteiger partial charge in [-0.3, -0.25) is 0 Å². The number of hydrogen-bond donors (Lipinski definition) is 0. The van der Waals surface area contributed by atoms with Gasteiger partial charge in [0.25, 0.3) is 0 Å². The van der Waals surface area contributed by atoms with E-state index in [-0.39, 0.29) is 0 Å². The molecule has 18 heavy (non-hydrogen) atoms. The fourth-order valence-corrected chi connectivity index (χ4v) is 2.51. The Morgan fingerprint density at radius 3 is 2.28 bits per heavy atom. The van der Waals surface area contributed by atoms with Crippen molar-refractivity contribution in [1.82, 2.24) is 0 Å². The number of fused-ring (bicyclic) bond motifs is 1. The number of esters is 1. The van der Waals surface area contributed by atoms with Crippen LogP contribution in [0.15, 0.2) is 29.8 Å². The number of hydrogen-bond acceptors (Lipinski definition) is 4. The topological polar surface area (TPSA) is 44.8 Å². The SMILES string of the molecule is COC(=O)C1=C(C)c2ccccc2C1(OC)OC. The Morgan fingerprint density at radius 2 is 1.72 bits per heavy atom. The second-order valence-corrected chi connectivity index (χ2v) is 4.06. The Kier molecular flexibility index (Phi) is 3.24. The van der Waals surface area contributed by atoms with Gasteiger partial charge in [-0.2, -0.15) is 0 Å². The van der Waals surface area contributed by atoms with Gasteiger partial charge in [-0.1, -0.05) is 24.3 Å². The minimum Gasteiger partial charge on any atom is -0.465 e. The molecule has 1 aromatic rings. The smallest absolute Gasteiger partial charge is 0.339 e.